The maximum atomic E-state index is 12.5. The summed E-state index contributed by atoms with van der Waals surface area (Å²) in [6.07, 6.45) is 0. The lowest BCUT2D eigenvalue weighted by Crippen LogP contribution is -2.16. The molecule has 2 aromatic carbocycles. The van der Waals surface area contributed by atoms with Gasteiger partial charge in [0.25, 0.3) is 10.0 Å². The molecule has 22 heavy (non-hydrogen) atoms. The van der Waals surface area contributed by atoms with Gasteiger partial charge in [0.2, 0.25) is 0 Å². The minimum absolute atomic E-state index is 0.00133. The van der Waals surface area contributed by atoms with Gasteiger partial charge in [-0.15, -0.1) is 0 Å². The first kappa shape index (κ1) is 15.8. The third-order valence-electron chi connectivity index (χ3n) is 3.01. The number of methoxy groups -OCH3 is 1. The number of aryl methyl sites for hydroxylation is 1. The lowest BCUT2D eigenvalue weighted by Gasteiger charge is -2.13. The van der Waals surface area contributed by atoms with Crippen LogP contribution < -0.4 is 9.46 Å². The van der Waals surface area contributed by atoms with Crippen molar-refractivity contribution in [2.75, 3.05) is 11.8 Å². The molecule has 2 rings (SSSR count). The third-order valence-corrected chi connectivity index (χ3v) is 4.40. The Morgan fingerprint density at radius 2 is 1.86 bits per heavy atom. The summed E-state index contributed by atoms with van der Waals surface area (Å²) >= 11 is 0. The number of para-hydroxylation sites is 1. The number of aromatic carboxylic acids is 1. The third kappa shape index (κ3) is 3.20. The van der Waals surface area contributed by atoms with Crippen LogP contribution in [0.15, 0.2) is 47.4 Å². The van der Waals surface area contributed by atoms with E-state index in [1.54, 1.807) is 25.1 Å². The summed E-state index contributed by atoms with van der Waals surface area (Å²) < 4.78 is 32.4. The number of rotatable bonds is 5. The van der Waals surface area contributed by atoms with Crippen molar-refractivity contribution in [1.82, 2.24) is 0 Å². The molecule has 0 spiro atoms. The lowest BCUT2D eigenvalue weighted by atomic mass is 10.2. The number of ether oxygens (including phenoxy) is 1. The normalized spacial score (nSPS) is 11.0. The Morgan fingerprint density at radius 1 is 1.18 bits per heavy atom. The molecule has 0 saturated carbocycles. The molecule has 0 amide bonds. The van der Waals surface area contributed by atoms with Gasteiger partial charge < -0.3 is 9.84 Å². The fourth-order valence-electron chi connectivity index (χ4n) is 1.95. The van der Waals surface area contributed by atoms with Gasteiger partial charge >= 0.3 is 5.97 Å². The number of carboxylic acid groups (broad SMARTS) is 1. The van der Waals surface area contributed by atoms with Crippen LogP contribution in [0.25, 0.3) is 0 Å². The summed E-state index contributed by atoms with van der Waals surface area (Å²) in [7, 11) is -2.60. The minimum atomic E-state index is -3.97. The molecule has 0 fully saturated rings. The summed E-state index contributed by atoms with van der Waals surface area (Å²) in [6.45, 7) is 1.75. The van der Waals surface area contributed by atoms with Gasteiger partial charge in [-0.05, 0) is 36.8 Å². The smallest absolute Gasteiger partial charge is 0.337 e. The van der Waals surface area contributed by atoms with E-state index in [0.717, 1.165) is 5.56 Å². The number of hydrogen-bond acceptors (Lipinski definition) is 4. The zero-order valence-electron chi connectivity index (χ0n) is 12.0. The number of anilines is 1. The van der Waals surface area contributed by atoms with Crippen LogP contribution in [0.2, 0.25) is 0 Å². The Kier molecular flexibility index (Phi) is 4.37. The van der Waals surface area contributed by atoms with E-state index in [0.29, 0.717) is 0 Å². The minimum Gasteiger partial charge on any atom is -0.495 e. The number of hydrogen-bond donors (Lipinski definition) is 2. The van der Waals surface area contributed by atoms with Crippen LogP contribution in [0.3, 0.4) is 0 Å². The standard InChI is InChI=1S/C15H15NO5S/c1-10-7-8-13(21-2)14(9-10)22(19,20)16-12-6-4-3-5-11(12)15(17)18/h3-9,16H,1-2H3,(H,17,18). The molecular weight excluding hydrogens is 306 g/mol. The van der Waals surface area contributed by atoms with Crippen molar-refractivity contribution in [2.45, 2.75) is 11.8 Å². The molecule has 0 heterocycles. The van der Waals surface area contributed by atoms with Gasteiger partial charge in [-0.2, -0.15) is 0 Å². The Hall–Kier alpha value is -2.54. The highest BCUT2D eigenvalue weighted by Gasteiger charge is 2.22. The second-order valence-electron chi connectivity index (χ2n) is 4.61. The number of nitrogens with one attached hydrogen (secondary N) is 1. The van der Waals surface area contributed by atoms with Gasteiger partial charge in [0.1, 0.15) is 10.6 Å². The average molecular weight is 321 g/mol. The molecular formula is C15H15NO5S. The molecule has 0 aliphatic carbocycles. The van der Waals surface area contributed by atoms with Crippen LogP contribution >= 0.6 is 0 Å². The van der Waals surface area contributed by atoms with E-state index in [2.05, 4.69) is 4.72 Å². The fourth-order valence-corrected chi connectivity index (χ4v) is 3.29. The van der Waals surface area contributed by atoms with Crippen molar-refractivity contribution in [3.05, 3.63) is 53.6 Å². The number of benzene rings is 2. The van der Waals surface area contributed by atoms with Gasteiger partial charge in [-0.1, -0.05) is 18.2 Å². The maximum absolute atomic E-state index is 12.5. The molecule has 0 unspecified atom stereocenters. The van der Waals surface area contributed by atoms with Crippen molar-refractivity contribution in [2.24, 2.45) is 0 Å². The highest BCUT2D eigenvalue weighted by molar-refractivity contribution is 7.92. The monoisotopic (exact) mass is 321 g/mol. The Labute approximate surface area is 128 Å². The first-order chi connectivity index (χ1) is 10.3. The van der Waals surface area contributed by atoms with E-state index in [-0.39, 0.29) is 21.9 Å². The first-order valence-corrected chi connectivity index (χ1v) is 7.83. The Morgan fingerprint density at radius 3 is 2.50 bits per heavy atom. The summed E-state index contributed by atoms with van der Waals surface area (Å²) in [5.74, 6) is -1.03. The van der Waals surface area contributed by atoms with Gasteiger partial charge in [0, 0.05) is 0 Å². The number of carbonyl (C=O) groups is 1. The Bertz CT molecular complexity index is 814. The molecule has 0 bridgehead atoms. The summed E-state index contributed by atoms with van der Waals surface area (Å²) in [5.41, 5.74) is 0.615. The molecule has 0 radical (unpaired) electrons. The van der Waals surface area contributed by atoms with Crippen LogP contribution in [0.1, 0.15) is 15.9 Å². The predicted molar refractivity (Wildman–Crippen MR) is 81.9 cm³/mol. The molecule has 0 aromatic heterocycles. The van der Waals surface area contributed by atoms with Crippen LogP contribution in [0.4, 0.5) is 5.69 Å². The molecule has 0 saturated heterocycles. The van der Waals surface area contributed by atoms with E-state index >= 15 is 0 Å². The molecule has 2 N–H and O–H groups in total. The van der Waals surface area contributed by atoms with Gasteiger partial charge in [-0.25, -0.2) is 13.2 Å². The molecule has 7 heteroatoms. The van der Waals surface area contributed by atoms with Crippen LogP contribution in [-0.2, 0) is 10.0 Å². The van der Waals surface area contributed by atoms with Crippen molar-refractivity contribution < 1.29 is 23.1 Å². The molecule has 0 aliphatic heterocycles. The van der Waals surface area contributed by atoms with Crippen molar-refractivity contribution in [3.63, 3.8) is 0 Å². The second-order valence-corrected chi connectivity index (χ2v) is 6.26. The molecule has 0 atom stereocenters. The summed E-state index contributed by atoms with van der Waals surface area (Å²) in [6, 6.07) is 10.5. The topological polar surface area (TPSA) is 92.7 Å². The fraction of sp³-hybridized carbons (Fsp3) is 0.133. The predicted octanol–water partition coefficient (Wildman–Crippen LogP) is 2.50. The van der Waals surface area contributed by atoms with Crippen LogP contribution in [0.5, 0.6) is 5.75 Å². The quantitative estimate of drug-likeness (QED) is 0.882. The second kappa shape index (κ2) is 6.07. The van der Waals surface area contributed by atoms with Gasteiger partial charge in [-0.3, -0.25) is 4.72 Å². The molecule has 0 aliphatic rings. The largest absolute Gasteiger partial charge is 0.495 e. The van der Waals surface area contributed by atoms with Crippen LogP contribution in [0, 0.1) is 6.92 Å². The zero-order valence-corrected chi connectivity index (χ0v) is 12.8. The van der Waals surface area contributed by atoms with Crippen molar-refractivity contribution in [1.29, 1.82) is 0 Å². The summed E-state index contributed by atoms with van der Waals surface area (Å²) in [4.78, 5) is 11.1. The van der Waals surface area contributed by atoms with Gasteiger partial charge in [0.15, 0.2) is 0 Å². The zero-order chi connectivity index (χ0) is 16.3. The molecule has 6 nitrogen and oxygen atoms in total. The van der Waals surface area contributed by atoms with E-state index in [1.165, 1.54) is 31.4 Å². The highest BCUT2D eigenvalue weighted by Crippen LogP contribution is 2.27. The summed E-state index contributed by atoms with van der Waals surface area (Å²) in [5, 5.41) is 9.12. The first-order valence-electron chi connectivity index (χ1n) is 6.35. The van der Waals surface area contributed by atoms with Crippen LogP contribution in [-0.4, -0.2) is 26.6 Å². The van der Waals surface area contributed by atoms with E-state index < -0.39 is 16.0 Å². The maximum Gasteiger partial charge on any atom is 0.337 e. The Balaban J connectivity index is 2.50. The lowest BCUT2D eigenvalue weighted by molar-refractivity contribution is 0.0698. The van der Waals surface area contributed by atoms with Gasteiger partial charge in [0.05, 0.1) is 18.4 Å². The SMILES string of the molecule is COc1ccc(C)cc1S(=O)(=O)Nc1ccccc1C(=O)O. The van der Waals surface area contributed by atoms with E-state index in [9.17, 15) is 13.2 Å². The van der Waals surface area contributed by atoms with Crippen molar-refractivity contribution >= 4 is 21.7 Å². The van der Waals surface area contributed by atoms with E-state index in [1.807, 2.05) is 0 Å². The number of sulfonamides is 1. The average Bonchev–Trinajstić information content (AvgIpc) is 2.47. The van der Waals surface area contributed by atoms with Crippen molar-refractivity contribution in [3.8, 4) is 5.75 Å². The number of carboxylic acids is 1. The molecule has 116 valence electrons. The highest BCUT2D eigenvalue weighted by atomic mass is 32.2. The van der Waals surface area contributed by atoms with E-state index in [4.69, 9.17) is 9.84 Å². The molecule has 2 aromatic rings.